The average Bonchev–Trinajstić information content (AvgIpc) is 3.18. The van der Waals surface area contributed by atoms with E-state index in [-0.39, 0.29) is 0 Å². The Kier molecular flexibility index (Phi) is 5.07. The van der Waals surface area contributed by atoms with Gasteiger partial charge in [-0.2, -0.15) is 0 Å². The molecule has 0 saturated carbocycles. The zero-order valence-corrected chi connectivity index (χ0v) is 18.5. The first-order valence-electron chi connectivity index (χ1n) is 10.6. The van der Waals surface area contributed by atoms with Gasteiger partial charge in [0, 0.05) is 54.1 Å². The number of aromatic nitrogens is 3. The van der Waals surface area contributed by atoms with Crippen LogP contribution in [0.15, 0.2) is 54.9 Å². The molecule has 0 unspecified atom stereocenters. The Bertz CT molecular complexity index is 1260. The van der Waals surface area contributed by atoms with Crippen molar-refractivity contribution in [2.75, 3.05) is 50.2 Å². The molecule has 8 heteroatoms. The lowest BCUT2D eigenvalue weighted by molar-refractivity contribution is 0.247. The highest BCUT2D eigenvalue weighted by Crippen LogP contribution is 2.38. The Morgan fingerprint density at radius 2 is 2.00 bits per heavy atom. The first-order valence-corrected chi connectivity index (χ1v) is 10.6. The summed E-state index contributed by atoms with van der Waals surface area (Å²) >= 11 is 0. The van der Waals surface area contributed by atoms with E-state index in [0.717, 1.165) is 46.6 Å². The molecule has 2 aromatic carbocycles. The van der Waals surface area contributed by atoms with E-state index < -0.39 is 0 Å². The number of likely N-dealkylation sites (N-methyl/N-ethyl adjacent to an activating group) is 1. The molecule has 0 bridgehead atoms. The van der Waals surface area contributed by atoms with E-state index in [0.29, 0.717) is 23.4 Å². The molecule has 0 spiro atoms. The van der Waals surface area contributed by atoms with Crippen LogP contribution in [0.1, 0.15) is 0 Å². The summed E-state index contributed by atoms with van der Waals surface area (Å²) in [6.07, 6.45) is 3.72. The number of H-pyrrole nitrogens is 1. The summed E-state index contributed by atoms with van der Waals surface area (Å²) < 4.78 is 5.65. The highest BCUT2D eigenvalue weighted by Gasteiger charge is 2.30. The fourth-order valence-electron chi connectivity index (χ4n) is 4.08. The molecular formula is C24H27N7O. The second-order valence-corrected chi connectivity index (χ2v) is 8.27. The topological polar surface area (TPSA) is 95.3 Å². The molecule has 8 nitrogen and oxygen atoms in total. The van der Waals surface area contributed by atoms with E-state index in [4.69, 9.17) is 15.5 Å². The third-order valence-electron chi connectivity index (χ3n) is 6.05. The van der Waals surface area contributed by atoms with Crippen LogP contribution in [0.2, 0.25) is 0 Å². The average molecular weight is 430 g/mol. The van der Waals surface area contributed by atoms with Crippen LogP contribution in [0.3, 0.4) is 0 Å². The van der Waals surface area contributed by atoms with Gasteiger partial charge in [0.1, 0.15) is 5.75 Å². The number of fused-ring (bicyclic) bond motifs is 1. The van der Waals surface area contributed by atoms with E-state index >= 15 is 0 Å². The highest BCUT2D eigenvalue weighted by molar-refractivity contribution is 5.94. The van der Waals surface area contributed by atoms with Gasteiger partial charge in [-0.3, -0.25) is 0 Å². The molecular weight excluding hydrogens is 402 g/mol. The van der Waals surface area contributed by atoms with Crippen molar-refractivity contribution in [1.29, 1.82) is 0 Å². The van der Waals surface area contributed by atoms with E-state index in [9.17, 15) is 0 Å². The third kappa shape index (κ3) is 3.58. The minimum absolute atomic E-state index is 0.481. The number of para-hydroxylation sites is 1. The number of nitrogens with zero attached hydrogens (tertiary/aromatic N) is 4. The second-order valence-electron chi connectivity index (χ2n) is 8.27. The molecule has 3 heterocycles. The smallest absolute Gasteiger partial charge is 0.227 e. The molecule has 32 heavy (non-hydrogen) atoms. The summed E-state index contributed by atoms with van der Waals surface area (Å²) in [7, 11) is 5.86. The molecule has 2 aromatic heterocycles. The van der Waals surface area contributed by atoms with Crippen LogP contribution >= 0.6 is 0 Å². The number of aromatic amines is 1. The maximum absolute atomic E-state index is 6.40. The highest BCUT2D eigenvalue weighted by atomic mass is 16.5. The Morgan fingerprint density at radius 3 is 2.78 bits per heavy atom. The summed E-state index contributed by atoms with van der Waals surface area (Å²) in [6, 6.07) is 14.5. The van der Waals surface area contributed by atoms with Crippen molar-refractivity contribution in [3.63, 3.8) is 0 Å². The molecule has 5 rings (SSSR count). The minimum atomic E-state index is 0.481. The summed E-state index contributed by atoms with van der Waals surface area (Å²) in [5.74, 6) is 1.18. The first-order chi connectivity index (χ1) is 15.5. The fraction of sp³-hybridized carbons (Fsp3) is 0.250. The van der Waals surface area contributed by atoms with E-state index in [2.05, 4.69) is 45.2 Å². The van der Waals surface area contributed by atoms with Crippen molar-refractivity contribution >= 4 is 33.9 Å². The van der Waals surface area contributed by atoms with Crippen LogP contribution in [0.4, 0.5) is 23.0 Å². The molecule has 1 fully saturated rings. The largest absolute Gasteiger partial charge is 0.494 e. The lowest BCUT2D eigenvalue weighted by Crippen LogP contribution is -2.57. The van der Waals surface area contributed by atoms with Crippen molar-refractivity contribution in [2.24, 2.45) is 0 Å². The number of ether oxygens (including phenoxy) is 1. The standard InChI is InChI=1S/C24H27N7O/c1-30(2)15-13-31(14-15)22-11-23(32-3)21(10-18(22)25)29-24-26-9-8-20(28-24)17-12-27-19-7-5-4-6-16(17)19/h4-12,15,27H,13-14,25H2,1-3H3,(H,26,28,29). The third-order valence-corrected chi connectivity index (χ3v) is 6.05. The van der Waals surface area contributed by atoms with Gasteiger partial charge in [0.25, 0.3) is 0 Å². The van der Waals surface area contributed by atoms with Gasteiger partial charge in [-0.25, -0.2) is 9.97 Å². The van der Waals surface area contributed by atoms with Crippen LogP contribution in [0.5, 0.6) is 5.75 Å². The lowest BCUT2D eigenvalue weighted by Gasteiger charge is -2.44. The molecule has 0 radical (unpaired) electrons. The van der Waals surface area contributed by atoms with Crippen LogP contribution in [0, 0.1) is 0 Å². The van der Waals surface area contributed by atoms with Gasteiger partial charge in [-0.05, 0) is 32.3 Å². The summed E-state index contributed by atoms with van der Waals surface area (Å²) in [5, 5.41) is 4.40. The minimum Gasteiger partial charge on any atom is -0.494 e. The molecule has 1 saturated heterocycles. The van der Waals surface area contributed by atoms with Gasteiger partial charge in [-0.15, -0.1) is 0 Å². The molecule has 1 aliphatic rings. The zero-order chi connectivity index (χ0) is 22.2. The monoisotopic (exact) mass is 429 g/mol. The Labute approximate surface area is 187 Å². The van der Waals surface area contributed by atoms with Crippen molar-refractivity contribution < 1.29 is 4.74 Å². The van der Waals surface area contributed by atoms with Crippen molar-refractivity contribution in [2.45, 2.75) is 6.04 Å². The number of methoxy groups -OCH3 is 1. The lowest BCUT2D eigenvalue weighted by atomic mass is 10.1. The fourth-order valence-corrected chi connectivity index (χ4v) is 4.08. The van der Waals surface area contributed by atoms with Crippen molar-refractivity contribution in [1.82, 2.24) is 19.9 Å². The van der Waals surface area contributed by atoms with Gasteiger partial charge in [0.15, 0.2) is 0 Å². The normalized spacial score (nSPS) is 14.1. The summed E-state index contributed by atoms with van der Waals surface area (Å²) in [4.78, 5) is 16.9. The molecule has 1 aliphatic heterocycles. The van der Waals surface area contributed by atoms with Gasteiger partial charge in [0.2, 0.25) is 5.95 Å². The van der Waals surface area contributed by atoms with Crippen molar-refractivity contribution in [3.8, 4) is 17.0 Å². The van der Waals surface area contributed by atoms with Gasteiger partial charge in [0.05, 0.1) is 29.9 Å². The Morgan fingerprint density at radius 1 is 1.19 bits per heavy atom. The Hall–Kier alpha value is -3.78. The maximum Gasteiger partial charge on any atom is 0.227 e. The number of nitrogens with one attached hydrogen (secondary N) is 2. The van der Waals surface area contributed by atoms with Gasteiger partial charge < -0.3 is 30.6 Å². The van der Waals surface area contributed by atoms with Crippen molar-refractivity contribution in [3.05, 3.63) is 54.9 Å². The van der Waals surface area contributed by atoms with Gasteiger partial charge >= 0.3 is 0 Å². The molecule has 0 aliphatic carbocycles. The number of rotatable bonds is 6. The second kappa shape index (κ2) is 8.05. The number of hydrogen-bond acceptors (Lipinski definition) is 7. The molecule has 164 valence electrons. The molecule has 0 atom stereocenters. The number of anilines is 4. The first kappa shape index (κ1) is 20.1. The Balaban J connectivity index is 1.42. The van der Waals surface area contributed by atoms with Crippen LogP contribution in [-0.2, 0) is 0 Å². The van der Waals surface area contributed by atoms with Crippen LogP contribution in [-0.4, -0.2) is 60.2 Å². The zero-order valence-electron chi connectivity index (χ0n) is 18.5. The van der Waals surface area contributed by atoms with E-state index in [1.54, 1.807) is 13.3 Å². The van der Waals surface area contributed by atoms with Crippen LogP contribution in [0.25, 0.3) is 22.2 Å². The maximum atomic E-state index is 6.40. The predicted molar refractivity (Wildman–Crippen MR) is 130 cm³/mol. The number of nitrogens with two attached hydrogens (primary N) is 1. The number of hydrogen-bond donors (Lipinski definition) is 3. The molecule has 4 N–H and O–H groups in total. The van der Waals surface area contributed by atoms with Crippen LogP contribution < -0.4 is 20.7 Å². The number of benzene rings is 2. The van der Waals surface area contributed by atoms with Gasteiger partial charge in [-0.1, -0.05) is 18.2 Å². The summed E-state index contributed by atoms with van der Waals surface area (Å²) in [6.45, 7) is 1.89. The van der Waals surface area contributed by atoms with E-state index in [1.807, 2.05) is 42.6 Å². The van der Waals surface area contributed by atoms with E-state index in [1.165, 1.54) is 0 Å². The predicted octanol–water partition coefficient (Wildman–Crippen LogP) is 3.71. The summed E-state index contributed by atoms with van der Waals surface area (Å²) in [5.41, 5.74) is 11.7. The molecule has 0 amide bonds. The molecule has 4 aromatic rings. The SMILES string of the molecule is COc1cc(N2CC(N(C)C)C2)c(N)cc1Nc1nccc(-c2c[nH]c3ccccc23)n1. The quantitative estimate of drug-likeness (QED) is 0.402. The number of nitrogen functional groups attached to an aromatic ring is 1.